The van der Waals surface area contributed by atoms with E-state index in [4.69, 9.17) is 0 Å². The Balaban J connectivity index is 2.44. The van der Waals surface area contributed by atoms with Crippen molar-refractivity contribution in [1.82, 2.24) is 0 Å². The Hall–Kier alpha value is -2.49. The highest BCUT2D eigenvalue weighted by molar-refractivity contribution is 5.71. The SMILES string of the molecule is CCCCCC(CC)C(CC(C)(c1ccc(O)cc1)c1ccc(O)cc1)C(=O)O. The van der Waals surface area contributed by atoms with Crippen LogP contribution in [-0.4, -0.2) is 21.3 Å². The fourth-order valence-corrected chi connectivity index (χ4v) is 4.30. The second-order valence-corrected chi connectivity index (χ2v) is 8.24. The average molecular weight is 399 g/mol. The second kappa shape index (κ2) is 10.3. The molecule has 2 aromatic rings. The summed E-state index contributed by atoms with van der Waals surface area (Å²) in [6.45, 7) is 6.29. The van der Waals surface area contributed by atoms with Gasteiger partial charge in [0.25, 0.3) is 0 Å². The van der Waals surface area contributed by atoms with Crippen LogP contribution in [0.15, 0.2) is 48.5 Å². The summed E-state index contributed by atoms with van der Waals surface area (Å²) in [7, 11) is 0. The van der Waals surface area contributed by atoms with Crippen LogP contribution in [0.5, 0.6) is 11.5 Å². The topological polar surface area (TPSA) is 77.8 Å². The maximum Gasteiger partial charge on any atom is 0.306 e. The molecule has 158 valence electrons. The number of phenolic OH excluding ortho intramolecular Hbond substituents is 2. The van der Waals surface area contributed by atoms with E-state index in [0.717, 1.165) is 43.2 Å². The minimum absolute atomic E-state index is 0.118. The van der Waals surface area contributed by atoms with Crippen LogP contribution in [0.25, 0.3) is 0 Å². The van der Waals surface area contributed by atoms with Gasteiger partial charge in [0.15, 0.2) is 0 Å². The van der Waals surface area contributed by atoms with Gasteiger partial charge < -0.3 is 15.3 Å². The molecular weight excluding hydrogens is 364 g/mol. The van der Waals surface area contributed by atoms with E-state index in [-0.39, 0.29) is 17.4 Å². The number of carbonyl (C=O) groups is 1. The number of hydrogen-bond donors (Lipinski definition) is 3. The molecule has 0 aliphatic carbocycles. The Labute approximate surface area is 174 Å². The lowest BCUT2D eigenvalue weighted by atomic mass is 9.67. The number of rotatable bonds is 11. The lowest BCUT2D eigenvalue weighted by Gasteiger charge is -2.36. The molecule has 0 fully saturated rings. The van der Waals surface area contributed by atoms with E-state index in [0.29, 0.717) is 6.42 Å². The second-order valence-electron chi connectivity index (χ2n) is 8.24. The van der Waals surface area contributed by atoms with Gasteiger partial charge in [-0.05, 0) is 54.2 Å². The lowest BCUT2D eigenvalue weighted by Crippen LogP contribution is -2.34. The largest absolute Gasteiger partial charge is 0.508 e. The molecular formula is C25H34O4. The maximum atomic E-state index is 12.3. The number of unbranched alkanes of at least 4 members (excludes halogenated alkanes) is 2. The van der Waals surface area contributed by atoms with Crippen LogP contribution in [-0.2, 0) is 10.2 Å². The number of aromatic hydroxyl groups is 2. The molecule has 0 spiro atoms. The number of aliphatic carboxylic acids is 1. The number of phenols is 2. The van der Waals surface area contributed by atoms with E-state index < -0.39 is 17.3 Å². The van der Waals surface area contributed by atoms with Crippen molar-refractivity contribution in [2.24, 2.45) is 11.8 Å². The average Bonchev–Trinajstić information content (AvgIpc) is 2.70. The van der Waals surface area contributed by atoms with E-state index in [2.05, 4.69) is 20.8 Å². The van der Waals surface area contributed by atoms with Gasteiger partial charge in [0, 0.05) is 5.41 Å². The van der Waals surface area contributed by atoms with Crippen LogP contribution in [0.1, 0.15) is 70.4 Å². The van der Waals surface area contributed by atoms with E-state index in [1.165, 1.54) is 0 Å². The summed E-state index contributed by atoms with van der Waals surface area (Å²) >= 11 is 0. The number of carboxylic acid groups (broad SMARTS) is 1. The van der Waals surface area contributed by atoms with Crippen LogP contribution in [0, 0.1) is 11.8 Å². The molecule has 0 bridgehead atoms. The van der Waals surface area contributed by atoms with Crippen molar-refractivity contribution < 1.29 is 20.1 Å². The number of hydrogen-bond acceptors (Lipinski definition) is 3. The fourth-order valence-electron chi connectivity index (χ4n) is 4.30. The molecule has 0 aliphatic rings. The van der Waals surface area contributed by atoms with Crippen molar-refractivity contribution in [1.29, 1.82) is 0 Å². The Bertz CT molecular complexity index is 719. The van der Waals surface area contributed by atoms with Crippen molar-refractivity contribution in [3.63, 3.8) is 0 Å². The fraction of sp³-hybridized carbons (Fsp3) is 0.480. The van der Waals surface area contributed by atoms with Gasteiger partial charge >= 0.3 is 5.97 Å². The van der Waals surface area contributed by atoms with Crippen molar-refractivity contribution >= 4 is 5.97 Å². The standard InChI is InChI=1S/C25H34O4/c1-4-6-7-8-18(5-2)23(24(28)29)17-25(3,19-9-13-21(26)14-10-19)20-11-15-22(27)16-12-20/h9-16,18,23,26-27H,4-8,17H2,1-3H3,(H,28,29). The summed E-state index contributed by atoms with van der Waals surface area (Å²) < 4.78 is 0. The summed E-state index contributed by atoms with van der Waals surface area (Å²) in [6.07, 6.45) is 5.50. The molecule has 2 atom stereocenters. The Morgan fingerprint density at radius 1 is 0.897 bits per heavy atom. The van der Waals surface area contributed by atoms with Gasteiger partial charge in [-0.1, -0.05) is 70.7 Å². The van der Waals surface area contributed by atoms with Gasteiger partial charge in [0.2, 0.25) is 0 Å². The third-order valence-corrected chi connectivity index (χ3v) is 6.23. The third kappa shape index (κ3) is 5.75. The zero-order chi connectivity index (χ0) is 21.4. The van der Waals surface area contributed by atoms with Crippen LogP contribution >= 0.6 is 0 Å². The molecule has 0 radical (unpaired) electrons. The first-order chi connectivity index (χ1) is 13.8. The van der Waals surface area contributed by atoms with Gasteiger partial charge in [0.1, 0.15) is 11.5 Å². The maximum absolute atomic E-state index is 12.3. The zero-order valence-corrected chi connectivity index (χ0v) is 17.8. The van der Waals surface area contributed by atoms with Gasteiger partial charge in [-0.2, -0.15) is 0 Å². The molecule has 3 N–H and O–H groups in total. The van der Waals surface area contributed by atoms with E-state index in [9.17, 15) is 20.1 Å². The molecule has 0 saturated heterocycles. The molecule has 4 heteroatoms. The number of benzene rings is 2. The highest BCUT2D eigenvalue weighted by Gasteiger charge is 2.37. The molecule has 0 amide bonds. The summed E-state index contributed by atoms with van der Waals surface area (Å²) in [5.41, 5.74) is 1.36. The smallest absolute Gasteiger partial charge is 0.306 e. The molecule has 2 rings (SSSR count). The predicted octanol–water partition coefficient (Wildman–Crippen LogP) is 6.10. The third-order valence-electron chi connectivity index (χ3n) is 6.23. The summed E-state index contributed by atoms with van der Waals surface area (Å²) in [6, 6.07) is 14.0. The quantitative estimate of drug-likeness (QED) is 0.400. The van der Waals surface area contributed by atoms with E-state index in [1.54, 1.807) is 24.3 Å². The Morgan fingerprint density at radius 2 is 1.38 bits per heavy atom. The van der Waals surface area contributed by atoms with Crippen molar-refractivity contribution in [3.8, 4) is 11.5 Å². The summed E-state index contributed by atoms with van der Waals surface area (Å²) in [5, 5.41) is 29.5. The molecule has 2 unspecified atom stereocenters. The highest BCUT2D eigenvalue weighted by atomic mass is 16.4. The molecule has 0 heterocycles. The molecule has 4 nitrogen and oxygen atoms in total. The molecule has 0 saturated carbocycles. The predicted molar refractivity (Wildman–Crippen MR) is 116 cm³/mol. The zero-order valence-electron chi connectivity index (χ0n) is 17.8. The van der Waals surface area contributed by atoms with Gasteiger partial charge in [-0.3, -0.25) is 4.79 Å². The minimum Gasteiger partial charge on any atom is -0.508 e. The Morgan fingerprint density at radius 3 is 1.76 bits per heavy atom. The first-order valence-electron chi connectivity index (χ1n) is 10.6. The van der Waals surface area contributed by atoms with Crippen molar-refractivity contribution in [3.05, 3.63) is 59.7 Å². The molecule has 0 aliphatic heterocycles. The van der Waals surface area contributed by atoms with Crippen molar-refractivity contribution in [2.75, 3.05) is 0 Å². The first-order valence-corrected chi connectivity index (χ1v) is 10.6. The van der Waals surface area contributed by atoms with Crippen molar-refractivity contribution in [2.45, 2.75) is 64.7 Å². The van der Waals surface area contributed by atoms with Crippen LogP contribution < -0.4 is 0 Å². The number of carboxylic acids is 1. The summed E-state index contributed by atoms with van der Waals surface area (Å²) in [5.74, 6) is -0.737. The first kappa shape index (κ1) is 22.8. The normalized spacial score (nSPS) is 13.8. The molecule has 0 aromatic heterocycles. The highest BCUT2D eigenvalue weighted by Crippen LogP contribution is 2.42. The van der Waals surface area contributed by atoms with Crippen LogP contribution in [0.4, 0.5) is 0 Å². The Kier molecular flexibility index (Phi) is 8.12. The minimum atomic E-state index is -0.753. The van der Waals surface area contributed by atoms with Crippen LogP contribution in [0.3, 0.4) is 0 Å². The molecule has 29 heavy (non-hydrogen) atoms. The summed E-state index contributed by atoms with van der Waals surface area (Å²) in [4.78, 5) is 12.3. The lowest BCUT2D eigenvalue weighted by molar-refractivity contribution is -0.144. The molecule has 2 aromatic carbocycles. The van der Waals surface area contributed by atoms with Crippen LogP contribution in [0.2, 0.25) is 0 Å². The van der Waals surface area contributed by atoms with E-state index >= 15 is 0 Å². The van der Waals surface area contributed by atoms with Gasteiger partial charge in [-0.25, -0.2) is 0 Å². The van der Waals surface area contributed by atoms with E-state index in [1.807, 2.05) is 24.3 Å². The van der Waals surface area contributed by atoms with Gasteiger partial charge in [-0.15, -0.1) is 0 Å². The monoisotopic (exact) mass is 398 g/mol. The van der Waals surface area contributed by atoms with Gasteiger partial charge in [0.05, 0.1) is 5.92 Å².